The second-order valence-corrected chi connectivity index (χ2v) is 13.9. The summed E-state index contributed by atoms with van der Waals surface area (Å²) in [6.45, 7) is 5.30. The molecule has 1 saturated heterocycles. The van der Waals surface area contributed by atoms with Crippen LogP contribution < -0.4 is 9.80 Å². The second-order valence-electron chi connectivity index (χ2n) is 13.9. The lowest BCUT2D eigenvalue weighted by Gasteiger charge is -2.54. The van der Waals surface area contributed by atoms with Gasteiger partial charge in [0, 0.05) is 31.6 Å². The Balaban J connectivity index is 1.20. The van der Waals surface area contributed by atoms with Crippen LogP contribution in [0.4, 0.5) is 22.7 Å². The van der Waals surface area contributed by atoms with E-state index in [0.29, 0.717) is 41.1 Å². The van der Waals surface area contributed by atoms with E-state index in [2.05, 4.69) is 10.2 Å². The molecular formula is C39H38N4O5. The predicted molar refractivity (Wildman–Crippen MR) is 182 cm³/mol. The third-order valence-electron chi connectivity index (χ3n) is 11.2. The molecule has 0 radical (unpaired) electrons. The largest absolute Gasteiger partial charge is 0.508 e. The topological polar surface area (TPSA) is 120 Å². The number of hydrogen-bond donors (Lipinski definition) is 1. The number of rotatable bonds is 5. The highest BCUT2D eigenvalue weighted by Gasteiger charge is 2.64. The van der Waals surface area contributed by atoms with Gasteiger partial charge in [-0.25, -0.2) is 0 Å². The maximum Gasteiger partial charge on any atom is 0.238 e. The number of ketones is 2. The van der Waals surface area contributed by atoms with Gasteiger partial charge in [0.05, 0.1) is 34.3 Å². The smallest absolute Gasteiger partial charge is 0.238 e. The molecule has 48 heavy (non-hydrogen) atoms. The van der Waals surface area contributed by atoms with Crippen molar-refractivity contribution in [2.24, 2.45) is 39.3 Å². The first-order valence-corrected chi connectivity index (χ1v) is 16.3. The number of phenols is 1. The van der Waals surface area contributed by atoms with Crippen LogP contribution in [0.1, 0.15) is 45.1 Å². The number of benzene rings is 3. The van der Waals surface area contributed by atoms with Crippen molar-refractivity contribution in [2.45, 2.75) is 39.5 Å². The van der Waals surface area contributed by atoms with E-state index in [-0.39, 0.29) is 29.1 Å². The first-order valence-electron chi connectivity index (χ1n) is 16.3. The number of allylic oxidation sites excluding steroid dienone is 4. The highest BCUT2D eigenvalue weighted by Crippen LogP contribution is 2.63. The zero-order valence-corrected chi connectivity index (χ0v) is 27.7. The molecular weight excluding hydrogens is 604 g/mol. The van der Waals surface area contributed by atoms with Gasteiger partial charge in [0.1, 0.15) is 5.75 Å². The second kappa shape index (κ2) is 11.5. The van der Waals surface area contributed by atoms with Crippen LogP contribution in [0, 0.1) is 29.1 Å². The van der Waals surface area contributed by atoms with Gasteiger partial charge in [-0.05, 0) is 110 Å². The molecule has 3 aromatic carbocycles. The van der Waals surface area contributed by atoms with Gasteiger partial charge in [-0.15, -0.1) is 0 Å². The Kier molecular flexibility index (Phi) is 7.53. The van der Waals surface area contributed by atoms with Crippen molar-refractivity contribution >= 4 is 46.1 Å². The van der Waals surface area contributed by atoms with Crippen LogP contribution in [0.2, 0.25) is 0 Å². The number of Topliss-reactive ketones (excluding diaryl/α,β-unsaturated/α-hetero) is 2. The minimum atomic E-state index is -1.06. The Labute approximate surface area is 279 Å². The number of imide groups is 1. The molecule has 0 aromatic heterocycles. The molecule has 0 unspecified atom stereocenters. The number of phenolic OH excluding ortho intramolecular Hbond substituents is 1. The molecule has 0 spiro atoms. The van der Waals surface area contributed by atoms with E-state index in [1.54, 1.807) is 62.4 Å². The number of azo groups is 1. The Morgan fingerprint density at radius 2 is 1.40 bits per heavy atom. The van der Waals surface area contributed by atoms with Crippen LogP contribution in [0.3, 0.4) is 0 Å². The van der Waals surface area contributed by atoms with Crippen LogP contribution in [-0.4, -0.2) is 42.6 Å². The first-order chi connectivity index (χ1) is 22.9. The van der Waals surface area contributed by atoms with E-state index in [1.807, 2.05) is 56.3 Å². The zero-order chi connectivity index (χ0) is 34.1. The van der Waals surface area contributed by atoms with Gasteiger partial charge in [0.2, 0.25) is 11.8 Å². The molecule has 1 saturated carbocycles. The van der Waals surface area contributed by atoms with Crippen molar-refractivity contribution in [3.63, 3.8) is 0 Å². The summed E-state index contributed by atoms with van der Waals surface area (Å²) in [7, 11) is 3.94. The van der Waals surface area contributed by atoms with Gasteiger partial charge < -0.3 is 10.0 Å². The number of hydrogen-bond acceptors (Lipinski definition) is 8. The number of anilines is 2. The summed E-state index contributed by atoms with van der Waals surface area (Å²) in [4.78, 5) is 59.5. The number of nitrogens with zero attached hydrogens (tertiary/aromatic N) is 4. The number of carbonyl (C=O) groups excluding carboxylic acids is 4. The summed E-state index contributed by atoms with van der Waals surface area (Å²) in [6, 6.07) is 21.3. The molecule has 1 heterocycles. The van der Waals surface area contributed by atoms with Gasteiger partial charge in [-0.3, -0.25) is 24.1 Å². The van der Waals surface area contributed by atoms with Crippen molar-refractivity contribution in [1.82, 2.24) is 0 Å². The van der Waals surface area contributed by atoms with Gasteiger partial charge in [0.15, 0.2) is 11.6 Å². The SMILES string of the molecule is CC1=C(C)C(=O)[C@@]2(C)[C@@H](c3ccc(O)cc3)C3=CC[C@@H]4C(=O)N(c5ccc(N=Nc6ccc(N(C)C)cc6)cc5)C(=O)[C@@H]4[C@@H]3C[C@H]2C1=O. The molecule has 244 valence electrons. The minimum absolute atomic E-state index is 0.0672. The predicted octanol–water partition coefficient (Wildman–Crippen LogP) is 7.22. The summed E-state index contributed by atoms with van der Waals surface area (Å²) in [5.41, 5.74) is 4.40. The average molecular weight is 643 g/mol. The Morgan fingerprint density at radius 1 is 0.792 bits per heavy atom. The highest BCUT2D eigenvalue weighted by molar-refractivity contribution is 6.22. The molecule has 2 fully saturated rings. The van der Waals surface area contributed by atoms with Crippen LogP contribution >= 0.6 is 0 Å². The van der Waals surface area contributed by atoms with Gasteiger partial charge in [0.25, 0.3) is 0 Å². The molecule has 9 heteroatoms. The van der Waals surface area contributed by atoms with Crippen molar-refractivity contribution < 1.29 is 24.3 Å². The number of fused-ring (bicyclic) bond motifs is 4. The fourth-order valence-electron chi connectivity index (χ4n) is 8.48. The maximum absolute atomic E-state index is 14.3. The van der Waals surface area contributed by atoms with Crippen molar-refractivity contribution in [3.05, 3.63) is 101 Å². The molecule has 7 rings (SSSR count). The van der Waals surface area contributed by atoms with Crippen molar-refractivity contribution in [1.29, 1.82) is 0 Å². The Hall–Kier alpha value is -5.18. The van der Waals surface area contributed by atoms with E-state index in [9.17, 15) is 24.3 Å². The fourth-order valence-corrected chi connectivity index (χ4v) is 8.48. The lowest BCUT2D eigenvalue weighted by atomic mass is 9.46. The van der Waals surface area contributed by atoms with Crippen LogP contribution in [0.25, 0.3) is 0 Å². The molecule has 4 aliphatic rings. The van der Waals surface area contributed by atoms with Crippen LogP contribution in [-0.2, 0) is 19.2 Å². The van der Waals surface area contributed by atoms with Crippen LogP contribution in [0.5, 0.6) is 5.75 Å². The van der Waals surface area contributed by atoms with Crippen molar-refractivity contribution in [3.8, 4) is 5.75 Å². The summed E-state index contributed by atoms with van der Waals surface area (Å²) in [5, 5.41) is 18.7. The number of amides is 2. The summed E-state index contributed by atoms with van der Waals surface area (Å²) in [6.07, 6.45) is 2.71. The molecule has 6 atom stereocenters. The third-order valence-corrected chi connectivity index (χ3v) is 11.2. The van der Waals surface area contributed by atoms with E-state index < -0.39 is 35.0 Å². The fraction of sp³-hybridized carbons (Fsp3) is 0.333. The summed E-state index contributed by atoms with van der Waals surface area (Å²) >= 11 is 0. The molecule has 1 aliphatic heterocycles. The van der Waals surface area contributed by atoms with Gasteiger partial charge in [-0.1, -0.05) is 30.7 Å². The number of aromatic hydroxyl groups is 1. The first kappa shape index (κ1) is 31.4. The monoisotopic (exact) mass is 642 g/mol. The molecule has 3 aromatic rings. The Morgan fingerprint density at radius 3 is 2.00 bits per heavy atom. The zero-order valence-electron chi connectivity index (χ0n) is 27.7. The lowest BCUT2D eigenvalue weighted by molar-refractivity contribution is -0.142. The average Bonchev–Trinajstić information content (AvgIpc) is 3.35. The van der Waals surface area contributed by atoms with Gasteiger partial charge in [-0.2, -0.15) is 10.2 Å². The maximum atomic E-state index is 14.3. The highest BCUT2D eigenvalue weighted by atomic mass is 16.3. The minimum Gasteiger partial charge on any atom is -0.508 e. The van der Waals surface area contributed by atoms with E-state index in [4.69, 9.17) is 0 Å². The Bertz CT molecular complexity index is 1940. The summed E-state index contributed by atoms with van der Waals surface area (Å²) in [5.74, 6) is -3.33. The quantitative estimate of drug-likeness (QED) is 0.178. The normalized spacial score (nSPS) is 28.4. The van der Waals surface area contributed by atoms with E-state index >= 15 is 0 Å². The summed E-state index contributed by atoms with van der Waals surface area (Å²) < 4.78 is 0. The molecule has 3 aliphatic carbocycles. The van der Waals surface area contributed by atoms with Crippen molar-refractivity contribution in [2.75, 3.05) is 23.9 Å². The molecule has 2 amide bonds. The third kappa shape index (κ3) is 4.74. The standard InChI is InChI=1S/C39H38N4O5/c1-21-22(2)36(46)39(3)32(35(21)45)20-31-29(34(39)23-6-16-28(44)17-7-23)18-19-30-33(31)38(48)43(37(30)47)27-14-10-25(11-15-27)41-40-24-8-12-26(13-9-24)42(4)5/h6-18,30-34,44H,19-20H2,1-5H3/t30-,31+,32-,33-,34-,39+/m0/s1. The molecule has 0 bridgehead atoms. The van der Waals surface area contributed by atoms with E-state index in [1.165, 1.54) is 4.90 Å². The number of carbonyl (C=O) groups is 4. The van der Waals surface area contributed by atoms with Gasteiger partial charge >= 0.3 is 0 Å². The van der Waals surface area contributed by atoms with Crippen LogP contribution in [0.15, 0.2) is 106 Å². The van der Waals surface area contributed by atoms with E-state index in [0.717, 1.165) is 16.8 Å². The lowest BCUT2D eigenvalue weighted by Crippen LogP contribution is -2.55. The molecule has 9 nitrogen and oxygen atoms in total. The molecule has 1 N–H and O–H groups in total.